The van der Waals surface area contributed by atoms with E-state index in [1.807, 2.05) is 42.5 Å². The third-order valence-corrected chi connectivity index (χ3v) is 5.57. The summed E-state index contributed by atoms with van der Waals surface area (Å²) in [6, 6.07) is 20.7. The van der Waals surface area contributed by atoms with Crippen LogP contribution in [0.4, 0.5) is 11.5 Å². The van der Waals surface area contributed by atoms with Crippen molar-refractivity contribution in [3.05, 3.63) is 72.3 Å². The lowest BCUT2D eigenvalue weighted by atomic mass is 9.95. The molecule has 7 heteroatoms. The summed E-state index contributed by atoms with van der Waals surface area (Å²) < 4.78 is 4.98. The van der Waals surface area contributed by atoms with Crippen LogP contribution in [-0.2, 0) is 9.53 Å². The Morgan fingerprint density at radius 2 is 1.69 bits per heavy atom. The van der Waals surface area contributed by atoms with Gasteiger partial charge in [-0.2, -0.15) is 0 Å². The number of nitrogens with one attached hydrogen (secondary N) is 1. The maximum Gasteiger partial charge on any atom is 0.338 e. The number of carbonyl (C=O) groups is 2. The Morgan fingerprint density at radius 1 is 0.969 bits per heavy atom. The summed E-state index contributed by atoms with van der Waals surface area (Å²) in [5.74, 6) is 0.405. The molecule has 0 spiro atoms. The van der Waals surface area contributed by atoms with Crippen molar-refractivity contribution in [1.82, 2.24) is 10.2 Å². The van der Waals surface area contributed by atoms with Crippen molar-refractivity contribution >= 4 is 23.4 Å². The summed E-state index contributed by atoms with van der Waals surface area (Å²) in [6.07, 6.45) is 1.49. The molecule has 0 bridgehead atoms. The zero-order valence-electron chi connectivity index (χ0n) is 18.0. The predicted molar refractivity (Wildman–Crippen MR) is 123 cm³/mol. The molecule has 2 aromatic carbocycles. The lowest BCUT2D eigenvalue weighted by Crippen LogP contribution is -2.38. The maximum absolute atomic E-state index is 12.7. The van der Waals surface area contributed by atoms with E-state index in [2.05, 4.69) is 20.4 Å². The molecule has 1 aliphatic rings. The summed E-state index contributed by atoms with van der Waals surface area (Å²) in [7, 11) is 0. The Balaban J connectivity index is 1.29. The molecule has 4 rings (SSSR count). The molecule has 1 aliphatic heterocycles. The molecule has 1 fully saturated rings. The van der Waals surface area contributed by atoms with Crippen molar-refractivity contribution in [2.24, 2.45) is 5.92 Å². The molecule has 164 valence electrons. The number of benzene rings is 2. The van der Waals surface area contributed by atoms with E-state index in [0.717, 1.165) is 43.0 Å². The van der Waals surface area contributed by atoms with E-state index >= 15 is 0 Å². The molecule has 32 heavy (non-hydrogen) atoms. The molecule has 7 nitrogen and oxygen atoms in total. The van der Waals surface area contributed by atoms with E-state index in [9.17, 15) is 9.59 Å². The average molecular weight is 431 g/mol. The quantitative estimate of drug-likeness (QED) is 0.591. The average Bonchev–Trinajstić information content (AvgIpc) is 2.85. The van der Waals surface area contributed by atoms with Crippen LogP contribution in [0.25, 0.3) is 11.3 Å². The Hall–Kier alpha value is -3.74. The number of ether oxygens (including phenoxy) is 1. The number of amides is 1. The van der Waals surface area contributed by atoms with Crippen molar-refractivity contribution in [3.63, 3.8) is 0 Å². The third kappa shape index (κ3) is 5.11. The van der Waals surface area contributed by atoms with Gasteiger partial charge in [0.2, 0.25) is 5.91 Å². The minimum atomic E-state index is -0.363. The highest BCUT2D eigenvalue weighted by atomic mass is 16.5. The number of hydrogen-bond donors (Lipinski definition) is 1. The molecule has 0 atom stereocenters. The van der Waals surface area contributed by atoms with E-state index in [-0.39, 0.29) is 17.8 Å². The van der Waals surface area contributed by atoms with Gasteiger partial charge in [-0.1, -0.05) is 30.3 Å². The summed E-state index contributed by atoms with van der Waals surface area (Å²) in [5.41, 5.74) is 3.03. The topological polar surface area (TPSA) is 84.4 Å². The molecular formula is C25H26N4O3. The second-order valence-electron chi connectivity index (χ2n) is 7.69. The zero-order valence-corrected chi connectivity index (χ0v) is 18.0. The molecule has 1 amide bonds. The first-order valence-electron chi connectivity index (χ1n) is 10.9. The van der Waals surface area contributed by atoms with E-state index in [1.54, 1.807) is 31.2 Å². The Morgan fingerprint density at radius 3 is 2.31 bits per heavy atom. The fourth-order valence-corrected chi connectivity index (χ4v) is 3.78. The van der Waals surface area contributed by atoms with E-state index in [4.69, 9.17) is 4.74 Å². The lowest BCUT2D eigenvalue weighted by molar-refractivity contribution is -0.120. The van der Waals surface area contributed by atoms with Gasteiger partial charge in [0, 0.05) is 30.3 Å². The van der Waals surface area contributed by atoms with E-state index in [0.29, 0.717) is 17.9 Å². The molecule has 0 radical (unpaired) electrons. The van der Waals surface area contributed by atoms with Crippen LogP contribution in [0.3, 0.4) is 0 Å². The van der Waals surface area contributed by atoms with Gasteiger partial charge in [-0.3, -0.25) is 4.79 Å². The Labute approximate surface area is 187 Å². The Kier molecular flexibility index (Phi) is 6.75. The van der Waals surface area contributed by atoms with E-state index in [1.165, 1.54) is 0 Å². The van der Waals surface area contributed by atoms with Crippen molar-refractivity contribution < 1.29 is 14.3 Å². The highest BCUT2D eigenvalue weighted by Gasteiger charge is 2.26. The van der Waals surface area contributed by atoms with Gasteiger partial charge in [0.1, 0.15) is 0 Å². The first kappa shape index (κ1) is 21.5. The van der Waals surface area contributed by atoms with Gasteiger partial charge in [0.25, 0.3) is 0 Å². The summed E-state index contributed by atoms with van der Waals surface area (Å²) >= 11 is 0. The van der Waals surface area contributed by atoms with Crippen LogP contribution in [0.5, 0.6) is 0 Å². The van der Waals surface area contributed by atoms with Gasteiger partial charge < -0.3 is 15.0 Å². The first-order valence-corrected chi connectivity index (χ1v) is 10.9. The highest BCUT2D eigenvalue weighted by molar-refractivity contribution is 5.94. The second kappa shape index (κ2) is 10.0. The van der Waals surface area contributed by atoms with Crippen LogP contribution in [0.2, 0.25) is 0 Å². The third-order valence-electron chi connectivity index (χ3n) is 5.57. The first-order chi connectivity index (χ1) is 15.6. The fourth-order valence-electron chi connectivity index (χ4n) is 3.78. The van der Waals surface area contributed by atoms with Crippen molar-refractivity contribution in [1.29, 1.82) is 0 Å². The SMILES string of the molecule is CCOC(=O)c1ccc(NC(=O)C2CCN(c3ccc(-c4ccccc4)nn3)CC2)cc1. The number of hydrogen-bond acceptors (Lipinski definition) is 6. The maximum atomic E-state index is 12.7. The van der Waals surface area contributed by atoms with Gasteiger partial charge >= 0.3 is 5.97 Å². The molecule has 0 unspecified atom stereocenters. The lowest BCUT2D eigenvalue weighted by Gasteiger charge is -2.31. The number of nitrogens with zero attached hydrogens (tertiary/aromatic N) is 3. The minimum absolute atomic E-state index is 0.000885. The van der Waals surface area contributed by atoms with Crippen molar-refractivity contribution in [2.75, 3.05) is 29.9 Å². The minimum Gasteiger partial charge on any atom is -0.462 e. The zero-order chi connectivity index (χ0) is 22.3. The van der Waals surface area contributed by atoms with Crippen LogP contribution in [0.1, 0.15) is 30.1 Å². The molecule has 0 aliphatic carbocycles. The number of aromatic nitrogens is 2. The molecule has 3 aromatic rings. The summed E-state index contributed by atoms with van der Waals surface area (Å²) in [5, 5.41) is 11.7. The highest BCUT2D eigenvalue weighted by Crippen LogP contribution is 2.24. The molecule has 1 aromatic heterocycles. The molecule has 0 saturated carbocycles. The standard InChI is InChI=1S/C25H26N4O3/c1-2-32-25(31)20-8-10-21(11-9-20)26-24(30)19-14-16-29(17-15-19)23-13-12-22(27-28-23)18-6-4-3-5-7-18/h3-13,19H,2,14-17H2,1H3,(H,26,30). The molecule has 1 N–H and O–H groups in total. The van der Waals surface area contributed by atoms with Crippen LogP contribution >= 0.6 is 0 Å². The Bertz CT molecular complexity index is 1040. The van der Waals surface area contributed by atoms with Crippen LogP contribution in [-0.4, -0.2) is 41.8 Å². The summed E-state index contributed by atoms with van der Waals surface area (Å²) in [4.78, 5) is 26.6. The van der Waals surface area contributed by atoms with Crippen molar-refractivity contribution in [3.8, 4) is 11.3 Å². The number of piperidine rings is 1. The largest absolute Gasteiger partial charge is 0.462 e. The van der Waals surface area contributed by atoms with Gasteiger partial charge in [-0.05, 0) is 56.2 Å². The molecule has 1 saturated heterocycles. The number of anilines is 2. The molecular weight excluding hydrogens is 404 g/mol. The number of rotatable bonds is 6. The summed E-state index contributed by atoms with van der Waals surface area (Å²) in [6.45, 7) is 3.60. The number of esters is 1. The van der Waals surface area contributed by atoms with Crippen LogP contribution in [0, 0.1) is 5.92 Å². The number of carbonyl (C=O) groups excluding carboxylic acids is 2. The van der Waals surface area contributed by atoms with Crippen LogP contribution < -0.4 is 10.2 Å². The van der Waals surface area contributed by atoms with E-state index < -0.39 is 0 Å². The fraction of sp³-hybridized carbons (Fsp3) is 0.280. The molecule has 2 heterocycles. The van der Waals surface area contributed by atoms with Crippen LogP contribution in [0.15, 0.2) is 66.7 Å². The van der Waals surface area contributed by atoms with Crippen molar-refractivity contribution in [2.45, 2.75) is 19.8 Å². The van der Waals surface area contributed by atoms with Gasteiger partial charge in [-0.25, -0.2) is 4.79 Å². The second-order valence-corrected chi connectivity index (χ2v) is 7.69. The monoisotopic (exact) mass is 430 g/mol. The smallest absolute Gasteiger partial charge is 0.338 e. The normalized spacial score (nSPS) is 14.1. The van der Waals surface area contributed by atoms with Gasteiger partial charge in [0.05, 0.1) is 17.9 Å². The van der Waals surface area contributed by atoms with Gasteiger partial charge in [-0.15, -0.1) is 10.2 Å². The predicted octanol–water partition coefficient (Wildman–Crippen LogP) is 4.18. The van der Waals surface area contributed by atoms with Gasteiger partial charge in [0.15, 0.2) is 5.82 Å².